The standard InChI is InChI=1S/2C24H20ClFN6O2/c2*1-24(2,18-5-3-4-6-28-18)19(9-20(33)34)31-23-17(26)7-13(10-27)21(32-23)16-12-30-22-15(16)8-14(25)11-29-22/h2*3-8,11-12,19H,9H2,1-2H3,(H,29,30)(H,31,32)(H,33,34)/t2*19-/m10/s1. The summed E-state index contributed by atoms with van der Waals surface area (Å²) in [5, 5.41) is 46.3. The number of nitriles is 2. The van der Waals surface area contributed by atoms with Crippen LogP contribution in [0.25, 0.3) is 44.6 Å². The van der Waals surface area contributed by atoms with Gasteiger partial charge in [0.2, 0.25) is 0 Å². The summed E-state index contributed by atoms with van der Waals surface area (Å²) in [6, 6.07) is 18.6. The molecule has 8 aromatic rings. The maximum absolute atomic E-state index is 15.0. The first-order chi connectivity index (χ1) is 32.4. The van der Waals surface area contributed by atoms with E-state index in [1.54, 1.807) is 73.3 Å². The summed E-state index contributed by atoms with van der Waals surface area (Å²) in [4.78, 5) is 55.2. The van der Waals surface area contributed by atoms with E-state index < -0.39 is 46.5 Å². The van der Waals surface area contributed by atoms with Gasteiger partial charge in [0.25, 0.3) is 0 Å². The van der Waals surface area contributed by atoms with E-state index in [1.165, 1.54) is 12.4 Å². The number of fused-ring (bicyclic) bond motifs is 2. The third-order valence-corrected chi connectivity index (χ3v) is 11.9. The Labute approximate surface area is 397 Å². The Balaban J connectivity index is 0.000000201. The molecule has 16 nitrogen and oxygen atoms in total. The molecule has 0 aliphatic rings. The molecule has 68 heavy (non-hydrogen) atoms. The molecule has 6 N–H and O–H groups in total. The van der Waals surface area contributed by atoms with E-state index in [0.717, 1.165) is 12.1 Å². The number of carboxylic acid groups (broad SMARTS) is 2. The van der Waals surface area contributed by atoms with Crippen LogP contribution in [0.5, 0.6) is 0 Å². The largest absolute Gasteiger partial charge is 0.481 e. The monoisotopic (exact) mass is 956 g/mol. The molecule has 2 atom stereocenters. The minimum absolute atomic E-state index is 0.0164. The first kappa shape index (κ1) is 47.9. The Kier molecular flexibility index (Phi) is 14.0. The van der Waals surface area contributed by atoms with Crippen molar-refractivity contribution < 1.29 is 28.6 Å². The summed E-state index contributed by atoms with van der Waals surface area (Å²) >= 11 is 12.2. The zero-order valence-electron chi connectivity index (χ0n) is 36.6. The lowest BCUT2D eigenvalue weighted by atomic mass is 9.79. The second-order valence-electron chi connectivity index (χ2n) is 16.6. The van der Waals surface area contributed by atoms with Crippen LogP contribution < -0.4 is 10.6 Å². The third kappa shape index (κ3) is 10.2. The number of hydrogen-bond donors (Lipinski definition) is 6. The third-order valence-electron chi connectivity index (χ3n) is 11.5. The summed E-state index contributed by atoms with van der Waals surface area (Å²) in [6.45, 7) is 7.30. The highest BCUT2D eigenvalue weighted by molar-refractivity contribution is 6.31. The summed E-state index contributed by atoms with van der Waals surface area (Å²) < 4.78 is 30.1. The van der Waals surface area contributed by atoms with Crippen LogP contribution in [0.1, 0.15) is 63.1 Å². The van der Waals surface area contributed by atoms with Gasteiger partial charge in [0.05, 0.1) is 45.4 Å². The van der Waals surface area contributed by atoms with E-state index in [0.29, 0.717) is 54.6 Å². The van der Waals surface area contributed by atoms with Crippen LogP contribution in [0, 0.1) is 34.3 Å². The Bertz CT molecular complexity index is 3050. The average molecular weight is 958 g/mol. The van der Waals surface area contributed by atoms with Crippen LogP contribution in [0.2, 0.25) is 10.0 Å². The van der Waals surface area contributed by atoms with E-state index in [4.69, 9.17) is 23.2 Å². The Morgan fingerprint density at radius 2 is 1.07 bits per heavy atom. The summed E-state index contributed by atoms with van der Waals surface area (Å²) in [6.07, 6.45) is 8.80. The lowest BCUT2D eigenvalue weighted by molar-refractivity contribution is -0.138. The van der Waals surface area contributed by atoms with Gasteiger partial charge in [-0.25, -0.2) is 28.7 Å². The molecule has 0 aromatic carbocycles. The number of carboxylic acids is 2. The molecule has 8 rings (SSSR count). The number of nitrogens with one attached hydrogen (secondary N) is 4. The smallest absolute Gasteiger partial charge is 0.305 e. The van der Waals surface area contributed by atoms with Crippen molar-refractivity contribution in [1.82, 2.24) is 39.9 Å². The minimum atomic E-state index is -1.06. The topological polar surface area (TPSA) is 255 Å². The first-order valence-corrected chi connectivity index (χ1v) is 21.4. The van der Waals surface area contributed by atoms with Gasteiger partial charge < -0.3 is 30.8 Å². The van der Waals surface area contributed by atoms with Crippen molar-refractivity contribution in [1.29, 1.82) is 10.5 Å². The molecule has 0 radical (unpaired) electrons. The van der Waals surface area contributed by atoms with Gasteiger partial charge in [-0.05, 0) is 48.5 Å². The van der Waals surface area contributed by atoms with Gasteiger partial charge in [0.1, 0.15) is 23.4 Å². The van der Waals surface area contributed by atoms with Gasteiger partial charge in [-0.2, -0.15) is 10.5 Å². The van der Waals surface area contributed by atoms with Gasteiger partial charge in [-0.15, -0.1) is 0 Å². The number of pyridine rings is 6. The molecular formula is C48H40Cl2F2N12O4. The van der Waals surface area contributed by atoms with Crippen LogP contribution in [-0.2, 0) is 20.4 Å². The molecule has 0 unspecified atom stereocenters. The van der Waals surface area contributed by atoms with Crippen molar-refractivity contribution in [2.45, 2.75) is 63.5 Å². The zero-order valence-corrected chi connectivity index (χ0v) is 38.1. The molecule has 0 aliphatic carbocycles. The number of aromatic nitrogens is 8. The lowest BCUT2D eigenvalue weighted by Gasteiger charge is -2.34. The van der Waals surface area contributed by atoms with Gasteiger partial charge in [-0.3, -0.25) is 19.6 Å². The van der Waals surface area contributed by atoms with E-state index in [9.17, 15) is 30.3 Å². The van der Waals surface area contributed by atoms with Gasteiger partial charge in [0, 0.05) is 93.4 Å². The molecule has 0 amide bonds. The molecule has 8 aromatic heterocycles. The number of aliphatic carboxylic acids is 2. The van der Waals surface area contributed by atoms with Crippen molar-refractivity contribution in [2.75, 3.05) is 10.6 Å². The molecule has 0 saturated carbocycles. The molecule has 0 fully saturated rings. The fourth-order valence-corrected chi connectivity index (χ4v) is 7.92. The SMILES string of the molecule is CC(C)(c1ccccn1)[C@@H](CC(=O)O)Nc1nc(-c2c[nH]c3ncc(Cl)cc23)c(C#N)cc1F.CC(C)(c1ccccn1)[C@H](CC(=O)O)Nc1nc(-c2c[nH]c3ncc(Cl)cc23)c(C#N)cc1F. The second-order valence-corrected chi connectivity index (χ2v) is 17.5. The highest BCUT2D eigenvalue weighted by Crippen LogP contribution is 2.37. The van der Waals surface area contributed by atoms with Crippen LogP contribution >= 0.6 is 23.2 Å². The molecule has 0 spiro atoms. The van der Waals surface area contributed by atoms with Gasteiger partial charge in [-0.1, -0.05) is 63.0 Å². The number of halogens is 4. The van der Waals surface area contributed by atoms with Crippen LogP contribution in [-0.4, -0.2) is 74.1 Å². The van der Waals surface area contributed by atoms with E-state index >= 15 is 8.78 Å². The fourth-order valence-electron chi connectivity index (χ4n) is 7.61. The van der Waals surface area contributed by atoms with E-state index in [-0.39, 0.29) is 47.0 Å². The van der Waals surface area contributed by atoms with E-state index in [1.807, 2.05) is 39.8 Å². The van der Waals surface area contributed by atoms with Crippen LogP contribution in [0.4, 0.5) is 20.4 Å². The lowest BCUT2D eigenvalue weighted by Crippen LogP contribution is -2.42. The average Bonchev–Trinajstić information content (AvgIpc) is 3.93. The summed E-state index contributed by atoms with van der Waals surface area (Å²) in [7, 11) is 0. The Morgan fingerprint density at radius 1 is 0.676 bits per heavy atom. The molecule has 8 heterocycles. The maximum atomic E-state index is 15.0. The van der Waals surface area contributed by atoms with E-state index in [2.05, 4.69) is 50.5 Å². The van der Waals surface area contributed by atoms with Crippen molar-refractivity contribution >= 4 is 68.8 Å². The molecule has 344 valence electrons. The van der Waals surface area contributed by atoms with Crippen LogP contribution in [0.3, 0.4) is 0 Å². The molecular weight excluding hydrogens is 918 g/mol. The fraction of sp³-hybridized carbons (Fsp3) is 0.208. The predicted octanol–water partition coefficient (Wildman–Crippen LogP) is 9.83. The minimum Gasteiger partial charge on any atom is -0.481 e. The number of H-pyrrole nitrogens is 2. The Hall–Kier alpha value is -8.06. The molecule has 0 bridgehead atoms. The zero-order chi connectivity index (χ0) is 48.9. The van der Waals surface area contributed by atoms with Crippen molar-refractivity contribution in [3.63, 3.8) is 0 Å². The number of aromatic amines is 2. The molecule has 20 heteroatoms. The quantitative estimate of drug-likeness (QED) is 0.0593. The van der Waals surface area contributed by atoms with Crippen molar-refractivity contribution in [2.24, 2.45) is 0 Å². The number of hydrogen-bond acceptors (Lipinski definition) is 12. The Morgan fingerprint density at radius 3 is 1.41 bits per heavy atom. The normalized spacial score (nSPS) is 12.3. The number of nitrogens with zero attached hydrogens (tertiary/aromatic N) is 8. The van der Waals surface area contributed by atoms with Crippen molar-refractivity contribution in [3.05, 3.63) is 142 Å². The highest BCUT2D eigenvalue weighted by Gasteiger charge is 2.37. The van der Waals surface area contributed by atoms with Crippen molar-refractivity contribution in [3.8, 4) is 34.7 Å². The van der Waals surface area contributed by atoms with Crippen LogP contribution in [0.15, 0.2) is 97.8 Å². The summed E-state index contributed by atoms with van der Waals surface area (Å²) in [5.41, 5.74) is 2.25. The number of anilines is 2. The highest BCUT2D eigenvalue weighted by atomic mass is 35.5. The summed E-state index contributed by atoms with van der Waals surface area (Å²) in [5.74, 6) is -4.02. The van der Waals surface area contributed by atoms with Gasteiger partial charge in [0.15, 0.2) is 23.3 Å². The number of rotatable bonds is 14. The first-order valence-electron chi connectivity index (χ1n) is 20.7. The predicted molar refractivity (Wildman–Crippen MR) is 252 cm³/mol. The molecule has 0 saturated heterocycles. The molecule has 0 aliphatic heterocycles. The van der Waals surface area contributed by atoms with Gasteiger partial charge >= 0.3 is 11.9 Å². The second kappa shape index (κ2) is 19.8. The number of carbonyl (C=O) groups is 2. The maximum Gasteiger partial charge on any atom is 0.305 e.